The van der Waals surface area contributed by atoms with E-state index in [1.54, 1.807) is 0 Å². The highest BCUT2D eigenvalue weighted by molar-refractivity contribution is 7.99. The van der Waals surface area contributed by atoms with Gasteiger partial charge < -0.3 is 4.90 Å². The average molecular weight is 386 g/mol. The van der Waals surface area contributed by atoms with E-state index in [1.807, 2.05) is 33.7 Å². The number of likely N-dealkylation sites (tertiary alicyclic amines) is 1. The van der Waals surface area contributed by atoms with Crippen LogP contribution in [0.15, 0.2) is 34.2 Å². The zero-order chi connectivity index (χ0) is 18.8. The maximum atomic E-state index is 13.1. The van der Waals surface area contributed by atoms with Crippen LogP contribution < -0.4 is 5.56 Å². The van der Waals surface area contributed by atoms with Gasteiger partial charge in [0.2, 0.25) is 5.91 Å². The Balaban J connectivity index is 1.61. The van der Waals surface area contributed by atoms with E-state index in [4.69, 9.17) is 4.98 Å². The summed E-state index contributed by atoms with van der Waals surface area (Å²) in [4.78, 5) is 32.6. The molecule has 27 heavy (non-hydrogen) atoms. The van der Waals surface area contributed by atoms with Gasteiger partial charge >= 0.3 is 0 Å². The van der Waals surface area contributed by atoms with E-state index in [0.29, 0.717) is 22.2 Å². The molecule has 0 spiro atoms. The Bertz CT molecular complexity index is 889. The molecule has 6 heteroatoms. The van der Waals surface area contributed by atoms with Gasteiger partial charge in [-0.05, 0) is 43.7 Å². The number of hydrogen-bond acceptors (Lipinski definition) is 4. The first-order valence-corrected chi connectivity index (χ1v) is 11.0. The first-order chi connectivity index (χ1) is 13.1. The fourth-order valence-electron chi connectivity index (χ4n) is 4.35. The van der Waals surface area contributed by atoms with E-state index in [0.717, 1.165) is 50.7 Å². The lowest BCUT2D eigenvalue weighted by molar-refractivity contribution is -0.130. The molecule has 5 nitrogen and oxygen atoms in total. The number of rotatable bonds is 4. The third kappa shape index (κ3) is 3.91. The second-order valence-corrected chi connectivity index (χ2v) is 8.84. The number of thioether (sulfide) groups is 1. The van der Waals surface area contributed by atoms with Crippen LogP contribution in [-0.2, 0) is 4.79 Å². The zero-order valence-corrected chi connectivity index (χ0v) is 16.7. The molecule has 0 bridgehead atoms. The van der Waals surface area contributed by atoms with Crippen LogP contribution in [0.1, 0.15) is 51.5 Å². The van der Waals surface area contributed by atoms with E-state index in [-0.39, 0.29) is 17.5 Å². The van der Waals surface area contributed by atoms with Crippen molar-refractivity contribution in [3.05, 3.63) is 34.6 Å². The van der Waals surface area contributed by atoms with Crippen molar-refractivity contribution in [2.75, 3.05) is 18.8 Å². The summed E-state index contributed by atoms with van der Waals surface area (Å²) in [6.45, 7) is 3.90. The highest BCUT2D eigenvalue weighted by atomic mass is 32.2. The zero-order valence-electron chi connectivity index (χ0n) is 15.9. The normalized spacial score (nSPS) is 21.1. The molecule has 2 aromatic rings. The standard InChI is InChI=1S/C21H27N3O2S/c1-15-7-6-12-23(13-15)19(25)14-27-21-22-18-11-5-4-10-17(18)20(26)24(21)16-8-2-3-9-16/h4-5,10-11,15-16H,2-3,6-9,12-14H2,1H3/t15-/m1/s1. The van der Waals surface area contributed by atoms with Crippen molar-refractivity contribution in [2.24, 2.45) is 5.92 Å². The van der Waals surface area contributed by atoms with Crippen LogP contribution in [0.3, 0.4) is 0 Å². The molecule has 1 amide bonds. The van der Waals surface area contributed by atoms with Crippen molar-refractivity contribution >= 4 is 28.6 Å². The van der Waals surface area contributed by atoms with E-state index in [1.165, 1.54) is 18.2 Å². The van der Waals surface area contributed by atoms with Gasteiger partial charge in [0.25, 0.3) is 5.56 Å². The monoisotopic (exact) mass is 385 g/mol. The van der Waals surface area contributed by atoms with Crippen molar-refractivity contribution in [1.29, 1.82) is 0 Å². The summed E-state index contributed by atoms with van der Waals surface area (Å²) in [7, 11) is 0. The molecule has 1 aromatic heterocycles. The molecule has 1 aliphatic heterocycles. The topological polar surface area (TPSA) is 55.2 Å². The van der Waals surface area contributed by atoms with Crippen molar-refractivity contribution in [3.63, 3.8) is 0 Å². The fourth-order valence-corrected chi connectivity index (χ4v) is 5.31. The van der Waals surface area contributed by atoms with Gasteiger partial charge in [0.15, 0.2) is 5.16 Å². The Morgan fingerprint density at radius 2 is 1.96 bits per heavy atom. The predicted molar refractivity (Wildman–Crippen MR) is 109 cm³/mol. The maximum absolute atomic E-state index is 13.1. The van der Waals surface area contributed by atoms with Gasteiger partial charge in [-0.25, -0.2) is 4.98 Å². The number of para-hydroxylation sites is 1. The van der Waals surface area contributed by atoms with Crippen molar-refractivity contribution < 1.29 is 4.79 Å². The van der Waals surface area contributed by atoms with Gasteiger partial charge in [0.1, 0.15) is 0 Å². The molecule has 0 radical (unpaired) electrons. The van der Waals surface area contributed by atoms with E-state index < -0.39 is 0 Å². The first-order valence-electron chi connectivity index (χ1n) is 10.1. The van der Waals surface area contributed by atoms with Crippen molar-refractivity contribution in [2.45, 2.75) is 56.6 Å². The molecule has 2 aliphatic rings. The summed E-state index contributed by atoms with van der Waals surface area (Å²) in [5, 5.41) is 1.37. The molecular weight excluding hydrogens is 358 g/mol. The fraction of sp³-hybridized carbons (Fsp3) is 0.571. The second-order valence-electron chi connectivity index (χ2n) is 7.90. The van der Waals surface area contributed by atoms with Crippen molar-refractivity contribution in [1.82, 2.24) is 14.5 Å². The number of carbonyl (C=O) groups excluding carboxylic acids is 1. The summed E-state index contributed by atoms with van der Waals surface area (Å²) in [6.07, 6.45) is 6.62. The molecule has 2 fully saturated rings. The summed E-state index contributed by atoms with van der Waals surface area (Å²) < 4.78 is 1.87. The van der Waals surface area contributed by atoms with E-state index in [9.17, 15) is 9.59 Å². The Hall–Kier alpha value is -1.82. The van der Waals surface area contributed by atoms with Gasteiger partial charge in [-0.2, -0.15) is 0 Å². The molecule has 0 unspecified atom stereocenters. The summed E-state index contributed by atoms with van der Waals surface area (Å²) in [6, 6.07) is 7.74. The number of nitrogens with zero attached hydrogens (tertiary/aromatic N) is 3. The molecule has 144 valence electrons. The summed E-state index contributed by atoms with van der Waals surface area (Å²) in [5.74, 6) is 1.08. The number of piperidine rings is 1. The van der Waals surface area contributed by atoms with E-state index >= 15 is 0 Å². The Morgan fingerprint density at radius 1 is 1.19 bits per heavy atom. The number of fused-ring (bicyclic) bond motifs is 1. The minimum absolute atomic E-state index is 0.0362. The lowest BCUT2D eigenvalue weighted by Crippen LogP contribution is -2.40. The highest BCUT2D eigenvalue weighted by Crippen LogP contribution is 2.32. The van der Waals surface area contributed by atoms with Gasteiger partial charge in [0.05, 0.1) is 16.7 Å². The molecule has 2 heterocycles. The Labute approximate surface area is 164 Å². The number of amides is 1. The van der Waals surface area contributed by atoms with Crippen LogP contribution in [0.4, 0.5) is 0 Å². The number of aromatic nitrogens is 2. The Morgan fingerprint density at radius 3 is 2.74 bits per heavy atom. The lowest BCUT2D eigenvalue weighted by atomic mass is 10.0. The second kappa shape index (κ2) is 8.05. The third-order valence-corrected chi connectivity index (χ3v) is 6.74. The summed E-state index contributed by atoms with van der Waals surface area (Å²) in [5.41, 5.74) is 0.757. The third-order valence-electron chi connectivity index (χ3n) is 5.80. The first kappa shape index (κ1) is 18.5. The molecular formula is C21H27N3O2S. The number of carbonyl (C=O) groups is 1. The molecule has 4 rings (SSSR count). The van der Waals surface area contributed by atoms with Gasteiger partial charge in [-0.3, -0.25) is 14.2 Å². The van der Waals surface area contributed by atoms with Gasteiger partial charge in [0, 0.05) is 19.1 Å². The predicted octanol–water partition coefficient (Wildman–Crippen LogP) is 3.86. The molecule has 1 saturated heterocycles. The number of hydrogen-bond donors (Lipinski definition) is 0. The quantitative estimate of drug-likeness (QED) is 0.592. The molecule has 1 saturated carbocycles. The highest BCUT2D eigenvalue weighted by Gasteiger charge is 2.25. The molecule has 1 aromatic carbocycles. The molecule has 1 atom stereocenters. The SMILES string of the molecule is C[C@@H]1CCCN(C(=O)CSc2nc3ccccc3c(=O)n2C2CCCC2)C1. The minimum atomic E-state index is 0.0362. The van der Waals surface area contributed by atoms with E-state index in [2.05, 4.69) is 6.92 Å². The van der Waals surface area contributed by atoms with Crippen LogP contribution in [0.25, 0.3) is 10.9 Å². The largest absolute Gasteiger partial charge is 0.342 e. The number of benzene rings is 1. The smallest absolute Gasteiger partial charge is 0.262 e. The summed E-state index contributed by atoms with van der Waals surface area (Å²) >= 11 is 1.43. The van der Waals surface area contributed by atoms with Crippen LogP contribution in [0.2, 0.25) is 0 Å². The maximum Gasteiger partial charge on any atom is 0.262 e. The molecule has 0 N–H and O–H groups in total. The van der Waals surface area contributed by atoms with Gasteiger partial charge in [-0.15, -0.1) is 0 Å². The van der Waals surface area contributed by atoms with Crippen LogP contribution >= 0.6 is 11.8 Å². The van der Waals surface area contributed by atoms with Crippen LogP contribution in [0.5, 0.6) is 0 Å². The Kier molecular flexibility index (Phi) is 5.53. The van der Waals surface area contributed by atoms with Crippen molar-refractivity contribution in [3.8, 4) is 0 Å². The lowest BCUT2D eigenvalue weighted by Gasteiger charge is -2.31. The van der Waals surface area contributed by atoms with Gasteiger partial charge in [-0.1, -0.05) is 43.7 Å². The molecule has 1 aliphatic carbocycles. The average Bonchev–Trinajstić information content (AvgIpc) is 3.20. The van der Waals surface area contributed by atoms with Crippen LogP contribution in [-0.4, -0.2) is 39.2 Å². The minimum Gasteiger partial charge on any atom is -0.342 e. The van der Waals surface area contributed by atoms with Crippen LogP contribution in [0, 0.1) is 5.92 Å².